The Morgan fingerprint density at radius 3 is 2.47 bits per heavy atom. The molecule has 0 heterocycles. The maximum Gasteiger partial charge on any atom is -0.0109 e. The van der Waals surface area contributed by atoms with Crippen molar-refractivity contribution in [1.29, 1.82) is 0 Å². The fourth-order valence-electron chi connectivity index (χ4n) is 1.76. The molecule has 0 heteroatoms. The van der Waals surface area contributed by atoms with Gasteiger partial charge in [-0.25, -0.2) is 0 Å². The van der Waals surface area contributed by atoms with E-state index in [1.165, 1.54) is 21.9 Å². The predicted octanol–water partition coefficient (Wildman–Crippen LogP) is 4.82. The van der Waals surface area contributed by atoms with E-state index in [1.54, 1.807) is 6.08 Å². The van der Waals surface area contributed by atoms with Crippen molar-refractivity contribution in [2.24, 2.45) is 0 Å². The minimum atomic E-state index is 1.21. The van der Waals surface area contributed by atoms with Crippen molar-refractivity contribution >= 4 is 16.8 Å². The molecule has 86 valence electrons. The molecular weight excluding hydrogens is 204 g/mol. The van der Waals surface area contributed by atoms with Gasteiger partial charge in [-0.3, -0.25) is 0 Å². The van der Waals surface area contributed by atoms with Crippen LogP contribution in [0.4, 0.5) is 0 Å². The number of fused-ring (bicyclic) bond motifs is 1. The summed E-state index contributed by atoms with van der Waals surface area (Å²) in [7, 11) is 0. The van der Waals surface area contributed by atoms with Crippen molar-refractivity contribution < 1.29 is 0 Å². The molecular formula is C17H18. The Hall–Kier alpha value is -2.00. The molecule has 0 spiro atoms. The maximum absolute atomic E-state index is 5.23. The van der Waals surface area contributed by atoms with Crippen LogP contribution in [0.5, 0.6) is 0 Å². The van der Waals surface area contributed by atoms with Gasteiger partial charge in [-0.1, -0.05) is 56.2 Å². The van der Waals surface area contributed by atoms with Gasteiger partial charge in [-0.15, -0.1) is 6.42 Å². The van der Waals surface area contributed by atoms with E-state index in [0.717, 1.165) is 0 Å². The highest BCUT2D eigenvalue weighted by atomic mass is 14.0. The summed E-state index contributed by atoms with van der Waals surface area (Å²) in [4.78, 5) is 0. The first-order valence-electron chi connectivity index (χ1n) is 5.94. The number of allylic oxidation sites excluding steroid dienone is 1. The molecule has 2 aromatic carbocycles. The van der Waals surface area contributed by atoms with Crippen molar-refractivity contribution in [2.45, 2.75) is 20.8 Å². The molecule has 0 atom stereocenters. The third-order valence-corrected chi connectivity index (χ3v) is 2.53. The van der Waals surface area contributed by atoms with Gasteiger partial charge in [-0.05, 0) is 41.0 Å². The lowest BCUT2D eigenvalue weighted by Crippen LogP contribution is -1.83. The Balaban J connectivity index is 0.000000686. The van der Waals surface area contributed by atoms with Crippen LogP contribution in [0.25, 0.3) is 16.8 Å². The van der Waals surface area contributed by atoms with Gasteiger partial charge in [0.25, 0.3) is 0 Å². The second-order valence-electron chi connectivity index (χ2n) is 3.52. The summed E-state index contributed by atoms with van der Waals surface area (Å²) < 4.78 is 0. The lowest BCUT2D eigenvalue weighted by molar-refractivity contribution is 1.48. The molecule has 0 aliphatic carbocycles. The SMILES string of the molecule is C#C/C=C\c1c(C)ccc2ccccc12.CC. The Labute approximate surface area is 104 Å². The molecule has 2 aromatic rings. The zero-order chi connectivity index (χ0) is 12.7. The number of rotatable bonds is 1. The second kappa shape index (κ2) is 6.55. The number of aryl methyl sites for hydroxylation is 1. The third-order valence-electron chi connectivity index (χ3n) is 2.53. The van der Waals surface area contributed by atoms with E-state index in [2.05, 4.69) is 43.2 Å². The molecule has 0 bridgehead atoms. The largest absolute Gasteiger partial charge is 0.115 e. The van der Waals surface area contributed by atoms with Crippen molar-refractivity contribution in [1.82, 2.24) is 0 Å². The van der Waals surface area contributed by atoms with E-state index in [9.17, 15) is 0 Å². The van der Waals surface area contributed by atoms with Crippen LogP contribution in [-0.2, 0) is 0 Å². The van der Waals surface area contributed by atoms with Gasteiger partial charge >= 0.3 is 0 Å². The first-order valence-corrected chi connectivity index (χ1v) is 5.94. The molecule has 0 aromatic heterocycles. The van der Waals surface area contributed by atoms with E-state index in [-0.39, 0.29) is 0 Å². The van der Waals surface area contributed by atoms with Gasteiger partial charge in [0.1, 0.15) is 0 Å². The van der Waals surface area contributed by atoms with Gasteiger partial charge in [0, 0.05) is 0 Å². The summed E-state index contributed by atoms with van der Waals surface area (Å²) in [6, 6.07) is 12.6. The minimum absolute atomic E-state index is 1.21. The molecule has 2 rings (SSSR count). The minimum Gasteiger partial charge on any atom is -0.115 e. The predicted molar refractivity (Wildman–Crippen MR) is 77.9 cm³/mol. The van der Waals surface area contributed by atoms with Gasteiger partial charge in [0.05, 0.1) is 0 Å². The summed E-state index contributed by atoms with van der Waals surface area (Å²) in [5, 5.41) is 2.50. The Morgan fingerprint density at radius 2 is 1.76 bits per heavy atom. The molecule has 0 fully saturated rings. The second-order valence-corrected chi connectivity index (χ2v) is 3.52. The lowest BCUT2D eigenvalue weighted by atomic mass is 9.99. The number of hydrogen-bond donors (Lipinski definition) is 0. The molecule has 0 N–H and O–H groups in total. The number of hydrogen-bond acceptors (Lipinski definition) is 0. The lowest BCUT2D eigenvalue weighted by Gasteiger charge is -2.05. The normalized spacial score (nSPS) is 9.76. The third kappa shape index (κ3) is 2.98. The van der Waals surface area contributed by atoms with Gasteiger partial charge in [-0.2, -0.15) is 0 Å². The van der Waals surface area contributed by atoms with Crippen molar-refractivity contribution in [3.63, 3.8) is 0 Å². The molecule has 0 amide bonds. The summed E-state index contributed by atoms with van der Waals surface area (Å²) in [6.45, 7) is 6.10. The standard InChI is InChI=1S/C15H12.C2H6/c1-3-4-8-14-12(2)10-11-13-7-5-6-9-15(13)14;1-2/h1,4-11H,2H3;1-2H3/b8-4-;. The van der Waals surface area contributed by atoms with E-state index in [1.807, 2.05) is 26.0 Å². The Morgan fingerprint density at radius 1 is 1.06 bits per heavy atom. The van der Waals surface area contributed by atoms with Crippen LogP contribution in [0, 0.1) is 19.3 Å². The van der Waals surface area contributed by atoms with E-state index < -0.39 is 0 Å². The molecule has 0 saturated carbocycles. The van der Waals surface area contributed by atoms with Crippen molar-refractivity contribution in [2.75, 3.05) is 0 Å². The first kappa shape index (κ1) is 13.1. The summed E-state index contributed by atoms with van der Waals surface area (Å²) >= 11 is 0. The smallest absolute Gasteiger partial charge is 0.0109 e. The topological polar surface area (TPSA) is 0 Å². The van der Waals surface area contributed by atoms with E-state index in [0.29, 0.717) is 0 Å². The summed E-state index contributed by atoms with van der Waals surface area (Å²) in [5.74, 6) is 2.53. The highest BCUT2D eigenvalue weighted by Crippen LogP contribution is 2.23. The molecule has 0 nitrogen and oxygen atoms in total. The van der Waals surface area contributed by atoms with Crippen LogP contribution in [0.2, 0.25) is 0 Å². The zero-order valence-electron chi connectivity index (χ0n) is 10.7. The molecule has 0 aliphatic rings. The average molecular weight is 222 g/mol. The highest BCUT2D eigenvalue weighted by molar-refractivity contribution is 5.92. The quantitative estimate of drug-likeness (QED) is 0.607. The maximum atomic E-state index is 5.23. The van der Waals surface area contributed by atoms with Crippen LogP contribution in [0.3, 0.4) is 0 Å². The highest BCUT2D eigenvalue weighted by Gasteiger charge is 2.00. The average Bonchev–Trinajstić information content (AvgIpc) is 2.40. The zero-order valence-corrected chi connectivity index (χ0v) is 10.7. The van der Waals surface area contributed by atoms with Crippen LogP contribution in [-0.4, -0.2) is 0 Å². The number of terminal acetylenes is 1. The van der Waals surface area contributed by atoms with Gasteiger partial charge < -0.3 is 0 Å². The Kier molecular flexibility index (Phi) is 5.04. The van der Waals surface area contributed by atoms with Crippen LogP contribution < -0.4 is 0 Å². The molecule has 17 heavy (non-hydrogen) atoms. The molecule has 0 saturated heterocycles. The van der Waals surface area contributed by atoms with Crippen LogP contribution in [0.15, 0.2) is 42.5 Å². The van der Waals surface area contributed by atoms with Crippen LogP contribution >= 0.6 is 0 Å². The van der Waals surface area contributed by atoms with Gasteiger partial charge in [0.2, 0.25) is 0 Å². The fourth-order valence-corrected chi connectivity index (χ4v) is 1.76. The van der Waals surface area contributed by atoms with Crippen molar-refractivity contribution in [3.05, 3.63) is 53.6 Å². The first-order chi connectivity index (χ1) is 8.33. The van der Waals surface area contributed by atoms with Gasteiger partial charge in [0.15, 0.2) is 0 Å². The molecule has 0 unspecified atom stereocenters. The van der Waals surface area contributed by atoms with Crippen LogP contribution in [0.1, 0.15) is 25.0 Å². The monoisotopic (exact) mass is 222 g/mol. The Bertz CT molecular complexity index is 554. The summed E-state index contributed by atoms with van der Waals surface area (Å²) in [6.07, 6.45) is 8.98. The summed E-state index contributed by atoms with van der Waals surface area (Å²) in [5.41, 5.74) is 2.46. The fraction of sp³-hybridized carbons (Fsp3) is 0.176. The molecule has 0 radical (unpaired) electrons. The van der Waals surface area contributed by atoms with Crippen molar-refractivity contribution in [3.8, 4) is 12.3 Å². The number of benzene rings is 2. The molecule has 0 aliphatic heterocycles. The van der Waals surface area contributed by atoms with E-state index >= 15 is 0 Å². The van der Waals surface area contributed by atoms with E-state index in [4.69, 9.17) is 6.42 Å².